The third kappa shape index (κ3) is 2.83. The number of oxime groups is 1. The van der Waals surface area contributed by atoms with Gasteiger partial charge in [-0.3, -0.25) is 4.79 Å². The molecular formula is C19H22N2O5. The zero-order valence-electron chi connectivity index (χ0n) is 15.1. The van der Waals surface area contributed by atoms with Gasteiger partial charge in [-0.2, -0.15) is 0 Å². The van der Waals surface area contributed by atoms with Gasteiger partial charge in [0.1, 0.15) is 18.7 Å². The highest BCUT2D eigenvalue weighted by molar-refractivity contribution is 6.13. The second-order valence-corrected chi connectivity index (χ2v) is 6.23. The highest BCUT2D eigenvalue weighted by Crippen LogP contribution is 2.39. The lowest BCUT2D eigenvalue weighted by Crippen LogP contribution is -2.47. The summed E-state index contributed by atoms with van der Waals surface area (Å²) in [6, 6.07) is 2.39. The number of carbonyl (C=O) groups is 1. The highest BCUT2D eigenvalue weighted by Gasteiger charge is 2.37. The Kier molecular flexibility index (Phi) is 4.97. The van der Waals surface area contributed by atoms with Crippen molar-refractivity contribution in [1.29, 1.82) is 0 Å². The molecule has 0 amide bonds. The molecule has 1 aromatic heterocycles. The molecule has 7 heteroatoms. The van der Waals surface area contributed by atoms with Crippen molar-refractivity contribution >= 4 is 28.3 Å². The van der Waals surface area contributed by atoms with Crippen LogP contribution in [0, 0.1) is 0 Å². The predicted molar refractivity (Wildman–Crippen MR) is 99.1 cm³/mol. The first-order valence-electron chi connectivity index (χ1n) is 8.70. The van der Waals surface area contributed by atoms with Crippen LogP contribution in [0.5, 0.6) is 0 Å². The van der Waals surface area contributed by atoms with E-state index in [1.54, 1.807) is 6.07 Å². The molecule has 3 rings (SSSR count). The molecule has 0 spiro atoms. The molecule has 2 heterocycles. The number of fused-ring (bicyclic) bond motifs is 2. The minimum absolute atomic E-state index is 0.133. The zero-order chi connectivity index (χ0) is 18.8. The van der Waals surface area contributed by atoms with Crippen LogP contribution in [0.25, 0.3) is 11.0 Å². The van der Waals surface area contributed by atoms with Crippen molar-refractivity contribution < 1.29 is 19.2 Å². The molecule has 1 aliphatic heterocycles. The average molecular weight is 358 g/mol. The molecule has 0 saturated carbocycles. The first-order valence-corrected chi connectivity index (χ1v) is 8.70. The van der Waals surface area contributed by atoms with E-state index >= 15 is 0 Å². The van der Waals surface area contributed by atoms with Gasteiger partial charge in [0, 0.05) is 30.2 Å². The van der Waals surface area contributed by atoms with Crippen LogP contribution >= 0.6 is 0 Å². The lowest BCUT2D eigenvalue weighted by atomic mass is 9.88. The summed E-state index contributed by atoms with van der Waals surface area (Å²) in [7, 11) is 1.43. The van der Waals surface area contributed by atoms with Crippen molar-refractivity contribution in [2.45, 2.75) is 39.2 Å². The Morgan fingerprint density at radius 1 is 1.46 bits per heavy atom. The average Bonchev–Trinajstić information content (AvgIpc) is 2.62. The van der Waals surface area contributed by atoms with Crippen LogP contribution in [0.4, 0.5) is 5.69 Å². The number of hydrogen-bond donors (Lipinski definition) is 1. The molecule has 1 aromatic carbocycles. The molecule has 1 atom stereocenters. The summed E-state index contributed by atoms with van der Waals surface area (Å²) in [5.41, 5.74) is 3.26. The molecule has 0 aliphatic carbocycles. The summed E-state index contributed by atoms with van der Waals surface area (Å²) in [5, 5.41) is 14.3. The van der Waals surface area contributed by atoms with Crippen molar-refractivity contribution in [2.24, 2.45) is 5.16 Å². The number of carboxylic acids is 1. The molecule has 138 valence electrons. The third-order valence-corrected chi connectivity index (χ3v) is 4.71. The van der Waals surface area contributed by atoms with Crippen molar-refractivity contribution in [2.75, 3.05) is 18.6 Å². The number of hydrogen-bond acceptors (Lipinski definition) is 6. The third-order valence-electron chi connectivity index (χ3n) is 4.71. The van der Waals surface area contributed by atoms with Crippen molar-refractivity contribution in [3.63, 3.8) is 0 Å². The van der Waals surface area contributed by atoms with Crippen LogP contribution in [0.1, 0.15) is 37.8 Å². The van der Waals surface area contributed by atoms with Crippen LogP contribution in [-0.2, 0) is 16.1 Å². The second kappa shape index (κ2) is 7.19. The number of aryl methyl sites for hydroxylation is 1. The summed E-state index contributed by atoms with van der Waals surface area (Å²) >= 11 is 0. The fourth-order valence-corrected chi connectivity index (χ4v) is 3.67. The zero-order valence-corrected chi connectivity index (χ0v) is 15.1. The van der Waals surface area contributed by atoms with Gasteiger partial charge in [0.15, 0.2) is 5.43 Å². The number of anilines is 1. The lowest BCUT2D eigenvalue weighted by Gasteiger charge is -2.37. The molecule has 26 heavy (non-hydrogen) atoms. The number of carboxylic acid groups (broad SMARTS) is 1. The van der Waals surface area contributed by atoms with Gasteiger partial charge in [0.25, 0.3) is 0 Å². The van der Waals surface area contributed by atoms with Gasteiger partial charge in [0.2, 0.25) is 0 Å². The van der Waals surface area contributed by atoms with E-state index < -0.39 is 12.0 Å². The van der Waals surface area contributed by atoms with Crippen LogP contribution in [0.2, 0.25) is 0 Å². The molecular weight excluding hydrogens is 336 g/mol. The van der Waals surface area contributed by atoms with Gasteiger partial charge in [-0.05, 0) is 19.4 Å². The number of aliphatic carboxylic acids is 1. The maximum atomic E-state index is 12.4. The summed E-state index contributed by atoms with van der Waals surface area (Å²) in [6.07, 6.45) is 3.08. The van der Waals surface area contributed by atoms with Gasteiger partial charge in [0.05, 0.1) is 23.0 Å². The van der Waals surface area contributed by atoms with E-state index in [1.807, 2.05) is 18.7 Å². The van der Waals surface area contributed by atoms with Crippen LogP contribution < -0.4 is 10.3 Å². The van der Waals surface area contributed by atoms with E-state index in [1.165, 1.54) is 19.4 Å². The van der Waals surface area contributed by atoms with Crippen molar-refractivity contribution in [3.05, 3.63) is 39.7 Å². The predicted octanol–water partition coefficient (Wildman–Crippen LogP) is 2.78. The summed E-state index contributed by atoms with van der Waals surface area (Å²) in [6.45, 7) is 4.47. The first kappa shape index (κ1) is 18.0. The molecule has 0 radical (unpaired) electrons. The Labute approximate surface area is 150 Å². The van der Waals surface area contributed by atoms with Crippen LogP contribution in [-0.4, -0.2) is 36.5 Å². The molecule has 0 saturated heterocycles. The Morgan fingerprint density at radius 3 is 2.85 bits per heavy atom. The minimum Gasteiger partial charge on any atom is -0.480 e. The van der Waals surface area contributed by atoms with E-state index in [2.05, 4.69) is 5.16 Å². The van der Waals surface area contributed by atoms with Gasteiger partial charge in [-0.15, -0.1) is 0 Å². The van der Waals surface area contributed by atoms with E-state index in [0.717, 1.165) is 23.2 Å². The van der Waals surface area contributed by atoms with Crippen LogP contribution in [0.15, 0.2) is 32.8 Å². The number of benzene rings is 1. The van der Waals surface area contributed by atoms with Crippen molar-refractivity contribution in [1.82, 2.24) is 0 Å². The quantitative estimate of drug-likeness (QED) is 0.826. The number of rotatable bonds is 5. The Hall–Kier alpha value is -2.83. The molecule has 1 aliphatic rings. The molecule has 1 N–H and O–H groups in total. The molecule has 1 unspecified atom stereocenters. The fraction of sp³-hybridized carbons (Fsp3) is 0.421. The Morgan fingerprint density at radius 2 is 2.23 bits per heavy atom. The van der Waals surface area contributed by atoms with E-state index in [-0.39, 0.29) is 11.8 Å². The lowest BCUT2D eigenvalue weighted by molar-refractivity contribution is -0.138. The first-order chi connectivity index (χ1) is 12.5. The monoisotopic (exact) mass is 358 g/mol. The van der Waals surface area contributed by atoms with Gasteiger partial charge in [-0.1, -0.05) is 18.5 Å². The Bertz CT molecular complexity index is 931. The maximum absolute atomic E-state index is 12.4. The Balaban J connectivity index is 2.43. The smallest absolute Gasteiger partial charge is 0.326 e. The molecule has 7 nitrogen and oxygen atoms in total. The van der Waals surface area contributed by atoms with E-state index in [0.29, 0.717) is 29.6 Å². The van der Waals surface area contributed by atoms with E-state index in [9.17, 15) is 14.7 Å². The van der Waals surface area contributed by atoms with Crippen LogP contribution in [0.3, 0.4) is 0 Å². The van der Waals surface area contributed by atoms with E-state index in [4.69, 9.17) is 9.25 Å². The highest BCUT2D eigenvalue weighted by atomic mass is 16.6. The molecule has 0 bridgehead atoms. The molecule has 0 fully saturated rings. The topological polar surface area (TPSA) is 92.3 Å². The SMILES string of the molecule is CCCc1c2c(cc3c(=O)ccoc13)C(=NOC)CC(C(=O)O)N2CC. The van der Waals surface area contributed by atoms with Gasteiger partial charge in [-0.25, -0.2) is 4.79 Å². The second-order valence-electron chi connectivity index (χ2n) is 6.23. The maximum Gasteiger partial charge on any atom is 0.326 e. The summed E-state index contributed by atoms with van der Waals surface area (Å²) in [4.78, 5) is 31.0. The summed E-state index contributed by atoms with van der Waals surface area (Å²) < 4.78 is 5.68. The molecule has 2 aromatic rings. The van der Waals surface area contributed by atoms with Gasteiger partial charge >= 0.3 is 5.97 Å². The normalized spacial score (nSPS) is 18.2. The fourth-order valence-electron chi connectivity index (χ4n) is 3.67. The minimum atomic E-state index is -0.918. The standard InChI is InChI=1S/C19H22N2O5/c1-4-6-11-17-12(9-13-16(22)7-8-26-18(11)13)14(20-25-3)10-15(19(23)24)21(17)5-2/h7-9,15H,4-6,10H2,1-3H3,(H,23,24). The van der Waals surface area contributed by atoms with Crippen molar-refractivity contribution in [3.8, 4) is 0 Å². The number of nitrogens with zero attached hydrogens (tertiary/aromatic N) is 2. The largest absolute Gasteiger partial charge is 0.480 e. The summed E-state index contributed by atoms with van der Waals surface area (Å²) in [5.74, 6) is -0.918. The van der Waals surface area contributed by atoms with Gasteiger partial charge < -0.3 is 19.3 Å². The number of likely N-dealkylation sites (N-methyl/N-ethyl adjacent to an activating group) is 1.